The standard InChI is InChI=1S/C30H40Cl2O2/c1-5-9-13-21(7-3)19-33-29-23-15-11-17-25(31)27(23)30(28-24(29)16-12-18-26(28)32)34-20-22(8-4)14-10-6-2/h11-12,15-18,21-22H,5-10,13-14,19-20H2,1-4H3. The highest BCUT2D eigenvalue weighted by Crippen LogP contribution is 2.48. The molecule has 0 heterocycles. The minimum Gasteiger partial charge on any atom is -0.492 e. The van der Waals surface area contributed by atoms with Gasteiger partial charge in [-0.15, -0.1) is 0 Å². The number of hydrogen-bond acceptors (Lipinski definition) is 2. The summed E-state index contributed by atoms with van der Waals surface area (Å²) in [6.45, 7) is 10.3. The summed E-state index contributed by atoms with van der Waals surface area (Å²) in [6.07, 6.45) is 9.39. The third-order valence-electron chi connectivity index (χ3n) is 6.98. The van der Waals surface area contributed by atoms with Gasteiger partial charge in [0.05, 0.1) is 23.3 Å². The van der Waals surface area contributed by atoms with Crippen molar-refractivity contribution in [1.82, 2.24) is 0 Å². The van der Waals surface area contributed by atoms with Gasteiger partial charge >= 0.3 is 0 Å². The molecule has 2 nitrogen and oxygen atoms in total. The number of ether oxygens (including phenoxy) is 2. The van der Waals surface area contributed by atoms with Crippen molar-refractivity contribution < 1.29 is 9.47 Å². The van der Waals surface area contributed by atoms with Gasteiger partial charge in [0.2, 0.25) is 0 Å². The molecule has 186 valence electrons. The zero-order chi connectivity index (χ0) is 24.5. The summed E-state index contributed by atoms with van der Waals surface area (Å²) in [6, 6.07) is 12.0. The molecule has 34 heavy (non-hydrogen) atoms. The summed E-state index contributed by atoms with van der Waals surface area (Å²) >= 11 is 13.6. The number of benzene rings is 3. The van der Waals surface area contributed by atoms with Crippen LogP contribution in [0.1, 0.15) is 79.1 Å². The maximum absolute atomic E-state index is 6.80. The van der Waals surface area contributed by atoms with E-state index >= 15 is 0 Å². The van der Waals surface area contributed by atoms with Crippen LogP contribution in [0, 0.1) is 11.8 Å². The van der Waals surface area contributed by atoms with Crippen molar-refractivity contribution in [2.75, 3.05) is 13.2 Å². The average molecular weight is 504 g/mol. The summed E-state index contributed by atoms with van der Waals surface area (Å²) in [4.78, 5) is 0. The molecule has 0 spiro atoms. The lowest BCUT2D eigenvalue weighted by Gasteiger charge is -2.23. The predicted molar refractivity (Wildman–Crippen MR) is 149 cm³/mol. The molecule has 0 radical (unpaired) electrons. The Hall–Kier alpha value is -1.64. The quantitative estimate of drug-likeness (QED) is 0.204. The van der Waals surface area contributed by atoms with Crippen molar-refractivity contribution in [2.24, 2.45) is 11.8 Å². The Balaban J connectivity index is 2.09. The zero-order valence-corrected chi connectivity index (χ0v) is 22.8. The number of unbranched alkanes of at least 4 members (excludes halogenated alkanes) is 2. The molecule has 0 aliphatic carbocycles. The van der Waals surface area contributed by atoms with Gasteiger partial charge in [0.25, 0.3) is 0 Å². The average Bonchev–Trinajstić information content (AvgIpc) is 2.85. The molecule has 3 aromatic carbocycles. The fourth-order valence-electron chi connectivity index (χ4n) is 4.66. The molecule has 0 N–H and O–H groups in total. The largest absolute Gasteiger partial charge is 0.492 e. The first-order valence-electron chi connectivity index (χ1n) is 13.1. The van der Waals surface area contributed by atoms with Crippen LogP contribution < -0.4 is 9.47 Å². The van der Waals surface area contributed by atoms with Crippen molar-refractivity contribution in [3.63, 3.8) is 0 Å². The molecule has 0 saturated carbocycles. The summed E-state index contributed by atoms with van der Waals surface area (Å²) in [5.74, 6) is 2.68. The van der Waals surface area contributed by atoms with Crippen molar-refractivity contribution in [3.05, 3.63) is 46.4 Å². The molecule has 0 fully saturated rings. The van der Waals surface area contributed by atoms with E-state index in [4.69, 9.17) is 32.7 Å². The molecule has 0 saturated heterocycles. The fraction of sp³-hybridized carbons (Fsp3) is 0.533. The molecule has 0 bridgehead atoms. The Kier molecular flexibility index (Phi) is 10.7. The SMILES string of the molecule is CCCCC(CC)COc1c2cccc(Cl)c2c(OCC(CC)CCCC)c2c(Cl)cccc12. The van der Waals surface area contributed by atoms with Gasteiger partial charge in [-0.05, 0) is 36.8 Å². The van der Waals surface area contributed by atoms with Crippen LogP contribution in [0.3, 0.4) is 0 Å². The summed E-state index contributed by atoms with van der Waals surface area (Å²) < 4.78 is 13.1. The Morgan fingerprint density at radius 2 is 1.09 bits per heavy atom. The Morgan fingerprint density at radius 3 is 1.50 bits per heavy atom. The Morgan fingerprint density at radius 1 is 0.647 bits per heavy atom. The molecular formula is C30H40Cl2O2. The molecule has 2 atom stereocenters. The fourth-order valence-corrected chi connectivity index (χ4v) is 5.18. The second-order valence-corrected chi connectivity index (χ2v) is 10.3. The van der Waals surface area contributed by atoms with E-state index in [1.54, 1.807) is 0 Å². The van der Waals surface area contributed by atoms with E-state index < -0.39 is 0 Å². The van der Waals surface area contributed by atoms with E-state index in [0.29, 0.717) is 35.1 Å². The minimum atomic E-state index is 0.509. The topological polar surface area (TPSA) is 18.5 Å². The monoisotopic (exact) mass is 502 g/mol. The maximum Gasteiger partial charge on any atom is 0.138 e. The van der Waals surface area contributed by atoms with E-state index in [1.165, 1.54) is 38.5 Å². The van der Waals surface area contributed by atoms with Crippen LogP contribution in [0.25, 0.3) is 21.5 Å². The third kappa shape index (κ3) is 6.32. The van der Waals surface area contributed by atoms with Crippen LogP contribution in [-0.2, 0) is 0 Å². The van der Waals surface area contributed by atoms with E-state index in [9.17, 15) is 0 Å². The Labute approximate surface area is 215 Å². The second-order valence-electron chi connectivity index (χ2n) is 9.44. The Bertz CT molecular complexity index is 1000. The van der Waals surface area contributed by atoms with Crippen LogP contribution in [0.5, 0.6) is 11.5 Å². The van der Waals surface area contributed by atoms with Crippen LogP contribution >= 0.6 is 23.2 Å². The van der Waals surface area contributed by atoms with Crippen LogP contribution in [-0.4, -0.2) is 13.2 Å². The molecule has 0 aliphatic heterocycles. The van der Waals surface area contributed by atoms with Gasteiger partial charge in [0, 0.05) is 21.5 Å². The predicted octanol–water partition coefficient (Wildman–Crippen LogP) is 10.5. The molecule has 4 heteroatoms. The van der Waals surface area contributed by atoms with Gasteiger partial charge in [-0.2, -0.15) is 0 Å². The van der Waals surface area contributed by atoms with Gasteiger partial charge in [0.1, 0.15) is 11.5 Å². The van der Waals surface area contributed by atoms with Gasteiger partial charge in [-0.1, -0.05) is 114 Å². The maximum atomic E-state index is 6.80. The van der Waals surface area contributed by atoms with E-state index in [2.05, 4.69) is 39.8 Å². The number of halogens is 2. The van der Waals surface area contributed by atoms with Gasteiger partial charge in [0.15, 0.2) is 0 Å². The number of hydrogen-bond donors (Lipinski definition) is 0. The van der Waals surface area contributed by atoms with Crippen LogP contribution in [0.4, 0.5) is 0 Å². The van der Waals surface area contributed by atoms with E-state index in [-0.39, 0.29) is 0 Å². The van der Waals surface area contributed by atoms with Crippen molar-refractivity contribution >= 4 is 44.7 Å². The first-order chi connectivity index (χ1) is 16.5. The number of fused-ring (bicyclic) bond motifs is 2. The van der Waals surface area contributed by atoms with Gasteiger partial charge < -0.3 is 9.47 Å². The molecule has 3 rings (SSSR count). The molecule has 3 aromatic rings. The van der Waals surface area contributed by atoms with Crippen molar-refractivity contribution in [2.45, 2.75) is 79.1 Å². The third-order valence-corrected chi connectivity index (χ3v) is 7.61. The lowest BCUT2D eigenvalue weighted by molar-refractivity contribution is 0.234. The highest BCUT2D eigenvalue weighted by molar-refractivity contribution is 6.40. The van der Waals surface area contributed by atoms with Gasteiger partial charge in [-0.25, -0.2) is 0 Å². The first-order valence-corrected chi connectivity index (χ1v) is 13.9. The van der Waals surface area contributed by atoms with Crippen molar-refractivity contribution in [3.8, 4) is 11.5 Å². The summed E-state index contributed by atoms with van der Waals surface area (Å²) in [5, 5.41) is 5.10. The molecule has 0 amide bonds. The summed E-state index contributed by atoms with van der Waals surface area (Å²) in [7, 11) is 0. The highest BCUT2D eigenvalue weighted by atomic mass is 35.5. The van der Waals surface area contributed by atoms with E-state index in [1.807, 2.05) is 24.3 Å². The van der Waals surface area contributed by atoms with Crippen LogP contribution in [0.15, 0.2) is 36.4 Å². The highest BCUT2D eigenvalue weighted by Gasteiger charge is 2.22. The number of rotatable bonds is 14. The van der Waals surface area contributed by atoms with Crippen molar-refractivity contribution in [1.29, 1.82) is 0 Å². The zero-order valence-electron chi connectivity index (χ0n) is 21.3. The minimum absolute atomic E-state index is 0.509. The van der Waals surface area contributed by atoms with Crippen LogP contribution in [0.2, 0.25) is 10.0 Å². The molecular weight excluding hydrogens is 463 g/mol. The lowest BCUT2D eigenvalue weighted by Crippen LogP contribution is -2.13. The summed E-state index contributed by atoms with van der Waals surface area (Å²) in [5.41, 5.74) is 0. The van der Waals surface area contributed by atoms with Gasteiger partial charge in [-0.3, -0.25) is 0 Å². The molecule has 2 unspecified atom stereocenters. The second kappa shape index (κ2) is 13.4. The first kappa shape index (κ1) is 27.0. The van der Waals surface area contributed by atoms with E-state index in [0.717, 1.165) is 45.9 Å². The smallest absolute Gasteiger partial charge is 0.138 e. The lowest BCUT2D eigenvalue weighted by atomic mass is 9.98. The molecule has 0 aromatic heterocycles. The normalized spacial score (nSPS) is 13.4. The molecule has 0 aliphatic rings.